The number of sulfonamides is 1. The molecule has 0 heterocycles. The summed E-state index contributed by atoms with van der Waals surface area (Å²) in [6, 6.07) is 4.63. The minimum atomic E-state index is -4.92. The maximum Gasteiger partial charge on any atom is 0.383 e. The molecule has 0 spiro atoms. The van der Waals surface area contributed by atoms with Crippen LogP contribution in [0.1, 0.15) is 6.92 Å². The first kappa shape index (κ1) is 17.4. The van der Waals surface area contributed by atoms with Gasteiger partial charge in [0.1, 0.15) is 4.90 Å². The SMILES string of the molecule is CCNS(=O)(=O)c1ccccc1NC(=O)C(F)(F)C(F)F. The van der Waals surface area contributed by atoms with E-state index in [0.717, 1.165) is 12.1 Å². The first-order chi connectivity index (χ1) is 9.63. The number of rotatable bonds is 6. The zero-order valence-corrected chi connectivity index (χ0v) is 11.6. The number of carbonyl (C=O) groups is 1. The number of carbonyl (C=O) groups excluding carboxylic acids is 1. The first-order valence-electron chi connectivity index (χ1n) is 5.69. The van der Waals surface area contributed by atoms with Crippen LogP contribution in [-0.2, 0) is 14.8 Å². The third-order valence-corrected chi connectivity index (χ3v) is 3.94. The molecule has 0 aliphatic rings. The van der Waals surface area contributed by atoms with Crippen molar-refractivity contribution in [2.75, 3.05) is 11.9 Å². The lowest BCUT2D eigenvalue weighted by Gasteiger charge is -2.16. The lowest BCUT2D eigenvalue weighted by molar-refractivity contribution is -0.163. The molecule has 5 nitrogen and oxygen atoms in total. The molecule has 2 N–H and O–H groups in total. The van der Waals surface area contributed by atoms with E-state index in [9.17, 15) is 30.8 Å². The highest BCUT2D eigenvalue weighted by Gasteiger charge is 2.49. The van der Waals surface area contributed by atoms with Crippen molar-refractivity contribution in [2.45, 2.75) is 24.2 Å². The normalized spacial score (nSPS) is 12.5. The van der Waals surface area contributed by atoms with E-state index in [2.05, 4.69) is 4.72 Å². The highest BCUT2D eigenvalue weighted by Crippen LogP contribution is 2.27. The largest absolute Gasteiger partial charge is 0.383 e. The van der Waals surface area contributed by atoms with E-state index in [-0.39, 0.29) is 6.54 Å². The molecule has 0 fully saturated rings. The van der Waals surface area contributed by atoms with Crippen molar-refractivity contribution in [3.8, 4) is 0 Å². The predicted octanol–water partition coefficient (Wildman–Crippen LogP) is 1.82. The van der Waals surface area contributed by atoms with Gasteiger partial charge in [0.05, 0.1) is 5.69 Å². The molecule has 0 aromatic heterocycles. The van der Waals surface area contributed by atoms with Crippen LogP contribution in [0, 0.1) is 0 Å². The summed E-state index contributed by atoms with van der Waals surface area (Å²) in [6.07, 6.45) is -4.20. The fourth-order valence-electron chi connectivity index (χ4n) is 1.38. The van der Waals surface area contributed by atoms with E-state index in [4.69, 9.17) is 0 Å². The fourth-order valence-corrected chi connectivity index (χ4v) is 2.58. The van der Waals surface area contributed by atoms with E-state index >= 15 is 0 Å². The molecule has 0 atom stereocenters. The molecule has 0 saturated carbocycles. The fraction of sp³-hybridized carbons (Fsp3) is 0.364. The number of alkyl halides is 4. The van der Waals surface area contributed by atoms with E-state index in [1.54, 1.807) is 0 Å². The van der Waals surface area contributed by atoms with E-state index in [1.165, 1.54) is 24.4 Å². The molecule has 1 amide bonds. The summed E-state index contributed by atoms with van der Waals surface area (Å²) in [5, 5.41) is 1.51. The minimum absolute atomic E-state index is 0.0256. The highest BCUT2D eigenvalue weighted by atomic mass is 32.2. The Kier molecular flexibility index (Phi) is 5.29. The smallest absolute Gasteiger partial charge is 0.319 e. The quantitative estimate of drug-likeness (QED) is 0.782. The summed E-state index contributed by atoms with van der Waals surface area (Å²) in [5.41, 5.74) is -0.510. The Morgan fingerprint density at radius 2 is 1.86 bits per heavy atom. The summed E-state index contributed by atoms with van der Waals surface area (Å²) >= 11 is 0. The van der Waals surface area contributed by atoms with Crippen LogP contribution in [0.15, 0.2) is 29.2 Å². The number of amides is 1. The third-order valence-electron chi connectivity index (χ3n) is 2.34. The lowest BCUT2D eigenvalue weighted by Crippen LogP contribution is -2.41. The highest BCUT2D eigenvalue weighted by molar-refractivity contribution is 7.89. The van der Waals surface area contributed by atoms with Gasteiger partial charge >= 0.3 is 18.3 Å². The standard InChI is InChI=1S/C11H12F4N2O3S/c1-2-16-21(19,20)8-6-4-3-5-7(8)17-10(18)11(14,15)9(12)13/h3-6,9,16H,2H2,1H3,(H,17,18). The van der Waals surface area contributed by atoms with Gasteiger partial charge in [0.15, 0.2) is 0 Å². The Labute approximate surface area is 118 Å². The summed E-state index contributed by atoms with van der Waals surface area (Å²) < 4.78 is 75.6. The number of hydrogen-bond donors (Lipinski definition) is 2. The molecule has 0 aliphatic heterocycles. The van der Waals surface area contributed by atoms with E-state index in [1.807, 2.05) is 0 Å². The molecule has 1 rings (SSSR count). The topological polar surface area (TPSA) is 75.3 Å². The van der Waals surface area contributed by atoms with Crippen molar-refractivity contribution < 1.29 is 30.8 Å². The molecular formula is C11H12F4N2O3S. The van der Waals surface area contributed by atoms with Crippen LogP contribution in [0.25, 0.3) is 0 Å². The van der Waals surface area contributed by atoms with Crippen LogP contribution in [0.4, 0.5) is 23.2 Å². The maximum atomic E-state index is 12.9. The minimum Gasteiger partial charge on any atom is -0.319 e. The van der Waals surface area contributed by atoms with E-state index < -0.39 is 38.9 Å². The summed E-state index contributed by atoms with van der Waals surface area (Å²) in [5.74, 6) is -7.20. The molecule has 21 heavy (non-hydrogen) atoms. The molecule has 0 bridgehead atoms. The van der Waals surface area contributed by atoms with Crippen molar-refractivity contribution in [3.05, 3.63) is 24.3 Å². The van der Waals surface area contributed by atoms with Crippen molar-refractivity contribution in [1.82, 2.24) is 4.72 Å². The van der Waals surface area contributed by atoms with Gasteiger partial charge < -0.3 is 5.32 Å². The molecule has 10 heteroatoms. The van der Waals surface area contributed by atoms with Crippen molar-refractivity contribution in [3.63, 3.8) is 0 Å². The summed E-state index contributed by atoms with van der Waals surface area (Å²) in [6.45, 7) is 1.52. The van der Waals surface area contributed by atoms with Crippen LogP contribution in [0.2, 0.25) is 0 Å². The summed E-state index contributed by atoms with van der Waals surface area (Å²) in [4.78, 5) is 10.7. The second-order valence-corrected chi connectivity index (χ2v) is 5.61. The maximum absolute atomic E-state index is 12.9. The zero-order chi connectivity index (χ0) is 16.3. The van der Waals surface area contributed by atoms with Crippen LogP contribution in [0.3, 0.4) is 0 Å². The zero-order valence-electron chi connectivity index (χ0n) is 10.7. The Morgan fingerprint density at radius 3 is 2.38 bits per heavy atom. The molecule has 118 valence electrons. The Bertz CT molecular complexity index is 620. The van der Waals surface area contributed by atoms with Crippen LogP contribution >= 0.6 is 0 Å². The molecular weight excluding hydrogens is 316 g/mol. The van der Waals surface area contributed by atoms with Gasteiger partial charge in [-0.1, -0.05) is 19.1 Å². The van der Waals surface area contributed by atoms with Gasteiger partial charge in [-0.3, -0.25) is 4.79 Å². The average molecular weight is 328 g/mol. The Hall–Kier alpha value is -1.68. The molecule has 0 radical (unpaired) electrons. The van der Waals surface area contributed by atoms with Gasteiger partial charge in [0.25, 0.3) is 0 Å². The Morgan fingerprint density at radius 1 is 1.29 bits per heavy atom. The van der Waals surface area contributed by atoms with Gasteiger partial charge in [0, 0.05) is 6.54 Å². The van der Waals surface area contributed by atoms with Gasteiger partial charge in [-0.25, -0.2) is 21.9 Å². The van der Waals surface area contributed by atoms with Gasteiger partial charge in [-0.05, 0) is 12.1 Å². The van der Waals surface area contributed by atoms with Crippen molar-refractivity contribution >= 4 is 21.6 Å². The van der Waals surface area contributed by atoms with Crippen molar-refractivity contribution in [1.29, 1.82) is 0 Å². The predicted molar refractivity (Wildman–Crippen MR) is 66.9 cm³/mol. The molecule has 1 aromatic carbocycles. The third kappa shape index (κ3) is 3.91. The number of benzene rings is 1. The first-order valence-corrected chi connectivity index (χ1v) is 7.17. The monoisotopic (exact) mass is 328 g/mol. The second-order valence-electron chi connectivity index (χ2n) is 3.88. The Balaban J connectivity index is 3.15. The molecule has 1 aromatic rings. The molecule has 0 aliphatic carbocycles. The van der Waals surface area contributed by atoms with Crippen molar-refractivity contribution in [2.24, 2.45) is 0 Å². The van der Waals surface area contributed by atoms with Crippen LogP contribution in [-0.4, -0.2) is 33.2 Å². The van der Waals surface area contributed by atoms with Gasteiger partial charge in [0.2, 0.25) is 10.0 Å². The second kappa shape index (κ2) is 6.39. The van der Waals surface area contributed by atoms with Crippen LogP contribution < -0.4 is 10.0 Å². The number of halogens is 4. The molecule has 0 saturated heterocycles. The lowest BCUT2D eigenvalue weighted by atomic mass is 10.2. The van der Waals surface area contributed by atoms with Gasteiger partial charge in [-0.15, -0.1) is 0 Å². The number of anilines is 1. The van der Waals surface area contributed by atoms with Crippen LogP contribution in [0.5, 0.6) is 0 Å². The average Bonchev–Trinajstić information content (AvgIpc) is 2.38. The molecule has 0 unspecified atom stereocenters. The summed E-state index contributed by atoms with van der Waals surface area (Å²) in [7, 11) is -4.05. The number of para-hydroxylation sites is 1. The number of nitrogens with one attached hydrogen (secondary N) is 2. The van der Waals surface area contributed by atoms with Gasteiger partial charge in [-0.2, -0.15) is 8.78 Å². The van der Waals surface area contributed by atoms with E-state index in [0.29, 0.717) is 0 Å². The number of hydrogen-bond acceptors (Lipinski definition) is 3.